The van der Waals surface area contributed by atoms with E-state index in [0.29, 0.717) is 12.2 Å². The second-order valence-electron chi connectivity index (χ2n) is 4.91. The number of aromatic nitrogens is 5. The van der Waals surface area contributed by atoms with Gasteiger partial charge in [-0.25, -0.2) is 4.39 Å². The lowest BCUT2D eigenvalue weighted by atomic mass is 10.1. The first kappa shape index (κ1) is 14.8. The van der Waals surface area contributed by atoms with Crippen molar-refractivity contribution in [3.8, 4) is 0 Å². The van der Waals surface area contributed by atoms with Crippen LogP contribution in [0, 0.1) is 5.82 Å². The molecule has 3 aromatic rings. The quantitative estimate of drug-likeness (QED) is 0.551. The lowest BCUT2D eigenvalue weighted by molar-refractivity contribution is 0.0883. The van der Waals surface area contributed by atoms with Crippen LogP contribution in [-0.4, -0.2) is 36.8 Å². The molecule has 8 heteroatoms. The maximum atomic E-state index is 12.9. The van der Waals surface area contributed by atoms with E-state index >= 15 is 0 Å². The molecule has 0 radical (unpaired) electrons. The molecule has 0 atom stereocenters. The molecule has 23 heavy (non-hydrogen) atoms. The topological polar surface area (TPSA) is 93.5 Å². The molecule has 1 N–H and O–H groups in total. The van der Waals surface area contributed by atoms with Crippen LogP contribution in [0.2, 0.25) is 0 Å². The molecule has 116 valence electrons. The third kappa shape index (κ3) is 3.37. The summed E-state index contributed by atoms with van der Waals surface area (Å²) in [7, 11) is 0. The fourth-order valence-corrected chi connectivity index (χ4v) is 2.19. The minimum Gasteiger partial charge on any atom is -0.341 e. The van der Waals surface area contributed by atoms with Crippen molar-refractivity contribution in [2.45, 2.75) is 13.0 Å². The number of Topliss-reactive ketones (excluding diaryl/α,β-unsaturated/α-hetero) is 2. The number of H-pyrrole nitrogens is 1. The molecule has 0 aliphatic carbocycles. The van der Waals surface area contributed by atoms with Crippen LogP contribution in [0.3, 0.4) is 0 Å². The van der Waals surface area contributed by atoms with E-state index in [0.717, 1.165) is 5.56 Å². The maximum absolute atomic E-state index is 12.9. The number of carbonyl (C=O) groups is 2. The van der Waals surface area contributed by atoms with Gasteiger partial charge in [-0.2, -0.15) is 5.21 Å². The summed E-state index contributed by atoms with van der Waals surface area (Å²) < 4.78 is 14.6. The second kappa shape index (κ2) is 6.30. The standard InChI is InChI=1S/C15H12FN5O2/c16-11-5-3-10(4-6-11)9-21-7-1-2-12(21)13(22)8-14(23)15-17-19-20-18-15/h1-7H,8-9H2,(H,17,18,19,20). The highest BCUT2D eigenvalue weighted by Gasteiger charge is 2.19. The number of nitrogens with zero attached hydrogens (tertiary/aromatic N) is 4. The monoisotopic (exact) mass is 313 g/mol. The molecule has 3 rings (SSSR count). The molecule has 0 spiro atoms. The minimum absolute atomic E-state index is 0.116. The van der Waals surface area contributed by atoms with Gasteiger partial charge in [0, 0.05) is 12.7 Å². The highest BCUT2D eigenvalue weighted by molar-refractivity contribution is 6.11. The molecule has 0 fully saturated rings. The van der Waals surface area contributed by atoms with Crippen molar-refractivity contribution in [1.82, 2.24) is 25.2 Å². The Labute approximate surface area is 130 Å². The molecule has 0 unspecified atom stereocenters. The number of hydrogen-bond acceptors (Lipinski definition) is 5. The predicted molar refractivity (Wildman–Crippen MR) is 77.4 cm³/mol. The van der Waals surface area contributed by atoms with Gasteiger partial charge in [0.25, 0.3) is 0 Å². The first-order chi connectivity index (χ1) is 11.1. The molecule has 0 aliphatic heterocycles. The Morgan fingerprint density at radius 1 is 1.13 bits per heavy atom. The van der Waals surface area contributed by atoms with E-state index in [1.165, 1.54) is 12.1 Å². The lowest BCUT2D eigenvalue weighted by Crippen LogP contribution is -2.14. The molecule has 2 heterocycles. The van der Waals surface area contributed by atoms with Crippen molar-refractivity contribution in [2.24, 2.45) is 0 Å². The Morgan fingerprint density at radius 2 is 1.91 bits per heavy atom. The van der Waals surface area contributed by atoms with Gasteiger partial charge in [0.2, 0.25) is 11.6 Å². The third-order valence-corrected chi connectivity index (χ3v) is 3.30. The fourth-order valence-electron chi connectivity index (χ4n) is 2.19. The molecule has 7 nitrogen and oxygen atoms in total. The first-order valence-electron chi connectivity index (χ1n) is 6.83. The number of halogens is 1. The van der Waals surface area contributed by atoms with Crippen LogP contribution in [-0.2, 0) is 6.54 Å². The van der Waals surface area contributed by atoms with Crippen LogP contribution in [0.15, 0.2) is 42.6 Å². The van der Waals surface area contributed by atoms with Crippen molar-refractivity contribution in [2.75, 3.05) is 0 Å². The Hall–Kier alpha value is -3.16. The van der Waals surface area contributed by atoms with E-state index < -0.39 is 5.78 Å². The Kier molecular flexibility index (Phi) is 4.05. The van der Waals surface area contributed by atoms with E-state index in [1.807, 2.05) is 0 Å². The van der Waals surface area contributed by atoms with E-state index in [1.54, 1.807) is 35.0 Å². The SMILES string of the molecule is O=C(CC(=O)c1cccn1Cc1ccc(F)cc1)c1nn[nH]n1. The van der Waals surface area contributed by atoms with Gasteiger partial charge in [-0.15, -0.1) is 10.2 Å². The Balaban J connectivity index is 1.73. The van der Waals surface area contributed by atoms with Crippen molar-refractivity contribution >= 4 is 11.6 Å². The average molecular weight is 313 g/mol. The van der Waals surface area contributed by atoms with Gasteiger partial charge >= 0.3 is 0 Å². The number of aromatic amines is 1. The molecule has 0 bridgehead atoms. The molecular weight excluding hydrogens is 301 g/mol. The van der Waals surface area contributed by atoms with Crippen molar-refractivity contribution in [1.29, 1.82) is 0 Å². The molecule has 1 aromatic carbocycles. The van der Waals surface area contributed by atoms with Gasteiger partial charge in [0.05, 0.1) is 12.1 Å². The second-order valence-corrected chi connectivity index (χ2v) is 4.91. The maximum Gasteiger partial charge on any atom is 0.240 e. The van der Waals surface area contributed by atoms with Gasteiger partial charge in [-0.1, -0.05) is 12.1 Å². The van der Waals surface area contributed by atoms with Crippen LogP contribution < -0.4 is 0 Å². The van der Waals surface area contributed by atoms with Gasteiger partial charge in [-0.05, 0) is 35.0 Å². The van der Waals surface area contributed by atoms with E-state index in [-0.39, 0.29) is 23.8 Å². The zero-order chi connectivity index (χ0) is 16.2. The smallest absolute Gasteiger partial charge is 0.240 e. The zero-order valence-electron chi connectivity index (χ0n) is 11.9. The van der Waals surface area contributed by atoms with Crippen LogP contribution in [0.1, 0.15) is 33.1 Å². The van der Waals surface area contributed by atoms with Crippen LogP contribution in [0.25, 0.3) is 0 Å². The summed E-state index contributed by atoms with van der Waals surface area (Å²) in [5, 5.41) is 12.6. The normalized spacial score (nSPS) is 10.7. The number of nitrogens with one attached hydrogen (secondary N) is 1. The number of hydrogen-bond donors (Lipinski definition) is 1. The number of tetrazole rings is 1. The fraction of sp³-hybridized carbons (Fsp3) is 0.133. The number of carbonyl (C=O) groups excluding carboxylic acids is 2. The zero-order valence-corrected chi connectivity index (χ0v) is 11.9. The summed E-state index contributed by atoms with van der Waals surface area (Å²) in [5.74, 6) is -1.27. The molecule has 0 aliphatic rings. The first-order valence-corrected chi connectivity index (χ1v) is 6.83. The van der Waals surface area contributed by atoms with Crippen LogP contribution >= 0.6 is 0 Å². The van der Waals surface area contributed by atoms with E-state index in [2.05, 4.69) is 20.6 Å². The summed E-state index contributed by atoms with van der Waals surface area (Å²) in [4.78, 5) is 24.2. The van der Waals surface area contributed by atoms with Crippen molar-refractivity contribution in [3.05, 3.63) is 65.5 Å². The van der Waals surface area contributed by atoms with Gasteiger partial charge < -0.3 is 4.57 Å². The summed E-state index contributed by atoms with van der Waals surface area (Å²) in [6, 6.07) is 9.37. The molecule has 2 aromatic heterocycles. The summed E-state index contributed by atoms with van der Waals surface area (Å²) in [6.45, 7) is 0.407. The lowest BCUT2D eigenvalue weighted by Gasteiger charge is -2.08. The largest absolute Gasteiger partial charge is 0.341 e. The van der Waals surface area contributed by atoms with Crippen molar-refractivity contribution < 1.29 is 14.0 Å². The van der Waals surface area contributed by atoms with E-state index in [9.17, 15) is 14.0 Å². The number of rotatable bonds is 6. The van der Waals surface area contributed by atoms with E-state index in [4.69, 9.17) is 0 Å². The number of ketones is 2. The Bertz CT molecular complexity index is 824. The molecular formula is C15H12FN5O2. The molecule has 0 saturated heterocycles. The Morgan fingerprint density at radius 3 is 2.61 bits per heavy atom. The highest BCUT2D eigenvalue weighted by atomic mass is 19.1. The van der Waals surface area contributed by atoms with Crippen LogP contribution in [0.4, 0.5) is 4.39 Å². The number of benzene rings is 1. The minimum atomic E-state index is -0.502. The summed E-state index contributed by atoms with van der Waals surface area (Å²) in [6.07, 6.45) is 1.39. The predicted octanol–water partition coefficient (Wildman–Crippen LogP) is 1.64. The molecule has 0 saturated carbocycles. The summed E-state index contributed by atoms with van der Waals surface area (Å²) >= 11 is 0. The summed E-state index contributed by atoms with van der Waals surface area (Å²) in [5.41, 5.74) is 1.24. The van der Waals surface area contributed by atoms with Gasteiger partial charge in [0.15, 0.2) is 5.78 Å². The third-order valence-electron chi connectivity index (χ3n) is 3.30. The average Bonchev–Trinajstić information content (AvgIpc) is 3.20. The highest BCUT2D eigenvalue weighted by Crippen LogP contribution is 2.12. The van der Waals surface area contributed by atoms with Gasteiger partial charge in [0.1, 0.15) is 5.82 Å². The van der Waals surface area contributed by atoms with Crippen LogP contribution in [0.5, 0.6) is 0 Å². The van der Waals surface area contributed by atoms with Gasteiger partial charge in [-0.3, -0.25) is 9.59 Å². The van der Waals surface area contributed by atoms with Crippen molar-refractivity contribution in [3.63, 3.8) is 0 Å². The molecule has 0 amide bonds.